The number of rotatable bonds is 6. The molecule has 24 heavy (non-hydrogen) atoms. The molecule has 2 atom stereocenters. The second kappa shape index (κ2) is 8.35. The van der Waals surface area contributed by atoms with Gasteiger partial charge in [-0.3, -0.25) is 4.79 Å². The minimum atomic E-state index is -0.451. The van der Waals surface area contributed by atoms with Gasteiger partial charge in [-0.25, -0.2) is 0 Å². The van der Waals surface area contributed by atoms with Crippen molar-refractivity contribution < 1.29 is 24.1 Å². The lowest BCUT2D eigenvalue weighted by Crippen LogP contribution is -2.49. The summed E-state index contributed by atoms with van der Waals surface area (Å²) >= 11 is 0. The van der Waals surface area contributed by atoms with E-state index < -0.39 is 6.10 Å². The third-order valence-electron chi connectivity index (χ3n) is 4.18. The van der Waals surface area contributed by atoms with E-state index >= 15 is 0 Å². The molecule has 1 amide bonds. The molecule has 6 nitrogen and oxygen atoms in total. The van der Waals surface area contributed by atoms with Crippen LogP contribution in [0.4, 0.5) is 0 Å². The van der Waals surface area contributed by atoms with Gasteiger partial charge in [-0.05, 0) is 23.6 Å². The molecule has 134 valence electrons. The molecule has 1 aromatic carbocycles. The van der Waals surface area contributed by atoms with E-state index in [2.05, 4.69) is 0 Å². The molecule has 1 aliphatic heterocycles. The van der Waals surface area contributed by atoms with E-state index in [0.717, 1.165) is 5.56 Å². The van der Waals surface area contributed by atoms with Gasteiger partial charge in [0, 0.05) is 13.0 Å². The SMILES string of the molecule is COc1ccc([C@@H]2[C@@H](CO)OCCN2C(=O)CC(C)C)cc1OC. The Kier molecular flexibility index (Phi) is 6.45. The maximum atomic E-state index is 12.7. The third kappa shape index (κ3) is 3.99. The van der Waals surface area contributed by atoms with Crippen molar-refractivity contribution in [2.24, 2.45) is 5.92 Å². The van der Waals surface area contributed by atoms with Gasteiger partial charge in [0.2, 0.25) is 5.91 Å². The van der Waals surface area contributed by atoms with Gasteiger partial charge in [0.25, 0.3) is 0 Å². The zero-order chi connectivity index (χ0) is 17.7. The van der Waals surface area contributed by atoms with Crippen LogP contribution in [-0.4, -0.2) is 56.0 Å². The molecular formula is C18H27NO5. The molecule has 0 aromatic heterocycles. The number of carbonyl (C=O) groups is 1. The number of benzene rings is 1. The summed E-state index contributed by atoms with van der Waals surface area (Å²) in [5.41, 5.74) is 0.864. The van der Waals surface area contributed by atoms with Crippen molar-refractivity contribution in [1.29, 1.82) is 0 Å². The van der Waals surface area contributed by atoms with E-state index in [4.69, 9.17) is 14.2 Å². The molecule has 1 fully saturated rings. The predicted octanol–water partition coefficient (Wildman–Crippen LogP) is 2.01. The molecule has 0 saturated carbocycles. The molecule has 0 bridgehead atoms. The first kappa shape index (κ1) is 18.5. The summed E-state index contributed by atoms with van der Waals surface area (Å²) in [6.07, 6.45) is 0.0232. The number of aliphatic hydroxyl groups is 1. The second-order valence-corrected chi connectivity index (χ2v) is 6.34. The number of hydrogen-bond acceptors (Lipinski definition) is 5. The lowest BCUT2D eigenvalue weighted by molar-refractivity contribution is -0.150. The number of methoxy groups -OCH3 is 2. The lowest BCUT2D eigenvalue weighted by Gasteiger charge is -2.41. The van der Waals surface area contributed by atoms with E-state index in [9.17, 15) is 9.90 Å². The summed E-state index contributed by atoms with van der Waals surface area (Å²) in [5.74, 6) is 1.57. The summed E-state index contributed by atoms with van der Waals surface area (Å²) in [6, 6.07) is 5.20. The van der Waals surface area contributed by atoms with Crippen LogP contribution in [0.2, 0.25) is 0 Å². The van der Waals surface area contributed by atoms with Crippen LogP contribution in [0.15, 0.2) is 18.2 Å². The Bertz CT molecular complexity index is 560. The third-order valence-corrected chi connectivity index (χ3v) is 4.18. The van der Waals surface area contributed by atoms with Crippen LogP contribution in [0.3, 0.4) is 0 Å². The summed E-state index contributed by atoms with van der Waals surface area (Å²) in [4.78, 5) is 14.5. The number of carbonyl (C=O) groups excluding carboxylic acids is 1. The van der Waals surface area contributed by atoms with Crippen LogP contribution < -0.4 is 9.47 Å². The number of amides is 1. The van der Waals surface area contributed by atoms with Crippen LogP contribution in [-0.2, 0) is 9.53 Å². The largest absolute Gasteiger partial charge is 0.493 e. The molecular weight excluding hydrogens is 310 g/mol. The Hall–Kier alpha value is -1.79. The van der Waals surface area contributed by atoms with E-state index in [1.54, 1.807) is 14.2 Å². The van der Waals surface area contributed by atoms with E-state index in [0.29, 0.717) is 31.1 Å². The molecule has 0 unspecified atom stereocenters. The normalized spacial score (nSPS) is 21.0. The minimum absolute atomic E-state index is 0.0755. The molecule has 1 heterocycles. The van der Waals surface area contributed by atoms with Gasteiger partial charge in [0.05, 0.1) is 33.5 Å². The molecule has 1 aliphatic rings. The summed E-state index contributed by atoms with van der Waals surface area (Å²) in [6.45, 7) is 4.84. The lowest BCUT2D eigenvalue weighted by atomic mass is 9.96. The van der Waals surface area contributed by atoms with Crippen molar-refractivity contribution >= 4 is 5.91 Å². The fraction of sp³-hybridized carbons (Fsp3) is 0.611. The monoisotopic (exact) mass is 337 g/mol. The van der Waals surface area contributed by atoms with E-state index in [1.807, 2.05) is 36.9 Å². The fourth-order valence-corrected chi connectivity index (χ4v) is 3.06. The topological polar surface area (TPSA) is 68.2 Å². The van der Waals surface area contributed by atoms with Gasteiger partial charge in [-0.1, -0.05) is 19.9 Å². The molecule has 1 saturated heterocycles. The van der Waals surface area contributed by atoms with Crippen molar-refractivity contribution in [3.8, 4) is 11.5 Å². The van der Waals surface area contributed by atoms with Crippen LogP contribution in [0.25, 0.3) is 0 Å². The van der Waals surface area contributed by atoms with Crippen molar-refractivity contribution in [2.45, 2.75) is 32.4 Å². The van der Waals surface area contributed by atoms with Gasteiger partial charge < -0.3 is 24.2 Å². The Morgan fingerprint density at radius 3 is 2.62 bits per heavy atom. The molecule has 0 spiro atoms. The highest BCUT2D eigenvalue weighted by Gasteiger charge is 2.36. The highest BCUT2D eigenvalue weighted by atomic mass is 16.5. The molecule has 1 aromatic rings. The Morgan fingerprint density at radius 1 is 1.33 bits per heavy atom. The van der Waals surface area contributed by atoms with Crippen molar-refractivity contribution in [1.82, 2.24) is 4.90 Å². The number of hydrogen-bond donors (Lipinski definition) is 1. The maximum absolute atomic E-state index is 12.7. The Balaban J connectivity index is 2.37. The summed E-state index contributed by atoms with van der Waals surface area (Å²) in [7, 11) is 3.15. The zero-order valence-corrected chi connectivity index (χ0v) is 14.8. The van der Waals surface area contributed by atoms with E-state index in [1.165, 1.54) is 0 Å². The molecule has 0 radical (unpaired) electrons. The van der Waals surface area contributed by atoms with Crippen molar-refractivity contribution in [3.63, 3.8) is 0 Å². The second-order valence-electron chi connectivity index (χ2n) is 6.34. The molecule has 6 heteroatoms. The molecule has 2 rings (SSSR count). The van der Waals surface area contributed by atoms with Crippen LogP contribution in [0.5, 0.6) is 11.5 Å². The smallest absolute Gasteiger partial charge is 0.223 e. The predicted molar refractivity (Wildman–Crippen MR) is 90.3 cm³/mol. The van der Waals surface area contributed by atoms with Gasteiger partial charge in [0.15, 0.2) is 11.5 Å². The summed E-state index contributed by atoms with van der Waals surface area (Å²) in [5, 5.41) is 9.71. The highest BCUT2D eigenvalue weighted by Crippen LogP contribution is 2.36. The first-order valence-electron chi connectivity index (χ1n) is 8.25. The number of morpholine rings is 1. The summed E-state index contributed by atoms with van der Waals surface area (Å²) < 4.78 is 16.3. The maximum Gasteiger partial charge on any atom is 0.223 e. The highest BCUT2D eigenvalue weighted by molar-refractivity contribution is 5.77. The minimum Gasteiger partial charge on any atom is -0.493 e. The number of nitrogens with zero attached hydrogens (tertiary/aromatic N) is 1. The molecule has 0 aliphatic carbocycles. The Labute approximate surface area is 143 Å². The van der Waals surface area contributed by atoms with Gasteiger partial charge in [-0.2, -0.15) is 0 Å². The number of aliphatic hydroxyl groups excluding tert-OH is 1. The quantitative estimate of drug-likeness (QED) is 0.860. The van der Waals surface area contributed by atoms with Gasteiger partial charge in [0.1, 0.15) is 6.10 Å². The van der Waals surface area contributed by atoms with Gasteiger partial charge in [-0.15, -0.1) is 0 Å². The van der Waals surface area contributed by atoms with Crippen LogP contribution in [0.1, 0.15) is 31.9 Å². The fourth-order valence-electron chi connectivity index (χ4n) is 3.06. The van der Waals surface area contributed by atoms with Crippen molar-refractivity contribution in [2.75, 3.05) is 34.0 Å². The van der Waals surface area contributed by atoms with Crippen molar-refractivity contribution in [3.05, 3.63) is 23.8 Å². The van der Waals surface area contributed by atoms with Crippen LogP contribution in [0, 0.1) is 5.92 Å². The van der Waals surface area contributed by atoms with E-state index in [-0.39, 0.29) is 24.5 Å². The average molecular weight is 337 g/mol. The number of ether oxygens (including phenoxy) is 3. The van der Waals surface area contributed by atoms with Crippen LogP contribution >= 0.6 is 0 Å². The first-order chi connectivity index (χ1) is 11.5. The first-order valence-corrected chi connectivity index (χ1v) is 8.25. The standard InChI is InChI=1S/C18H27NO5/c1-12(2)9-17(21)19-7-8-24-16(11-20)18(19)13-5-6-14(22-3)15(10-13)23-4/h5-6,10,12,16,18,20H,7-9,11H2,1-4H3/t16-,18-/m1/s1. The Morgan fingerprint density at radius 2 is 2.04 bits per heavy atom. The average Bonchev–Trinajstić information content (AvgIpc) is 2.59. The molecule has 1 N–H and O–H groups in total. The van der Waals surface area contributed by atoms with Gasteiger partial charge >= 0.3 is 0 Å². The zero-order valence-electron chi connectivity index (χ0n) is 14.8.